The van der Waals surface area contributed by atoms with Crippen LogP contribution in [0.25, 0.3) is 0 Å². The number of nitrogens with zero attached hydrogens (tertiary/aromatic N) is 1. The second-order valence-electron chi connectivity index (χ2n) is 3.75. The number of hydrogen-bond acceptors (Lipinski definition) is 6. The van der Waals surface area contributed by atoms with Gasteiger partial charge in [-0.2, -0.15) is 0 Å². The molecule has 1 saturated heterocycles. The van der Waals surface area contributed by atoms with Crippen molar-refractivity contribution >= 4 is 34.8 Å². The van der Waals surface area contributed by atoms with Gasteiger partial charge < -0.3 is 16.6 Å². The van der Waals surface area contributed by atoms with Crippen LogP contribution < -0.4 is 11.5 Å². The molecule has 0 aromatic carbocycles. The molecule has 0 spiro atoms. The molecule has 0 aromatic rings. The minimum absolute atomic E-state index is 0.00243. The second-order valence-corrected chi connectivity index (χ2v) is 4.72. The van der Waals surface area contributed by atoms with Gasteiger partial charge in [-0.05, 0) is 6.42 Å². The molecule has 0 aromatic heterocycles. The van der Waals surface area contributed by atoms with Crippen LogP contribution in [-0.2, 0) is 14.4 Å². The van der Waals surface area contributed by atoms with Gasteiger partial charge in [0.15, 0.2) is 0 Å². The first kappa shape index (κ1) is 14.5. The van der Waals surface area contributed by atoms with Crippen LogP contribution in [0.2, 0.25) is 0 Å². The van der Waals surface area contributed by atoms with Gasteiger partial charge >= 0.3 is 5.97 Å². The Morgan fingerprint density at radius 3 is 2.61 bits per heavy atom. The van der Waals surface area contributed by atoms with Crippen LogP contribution in [0.5, 0.6) is 0 Å². The fourth-order valence-corrected chi connectivity index (χ4v) is 2.40. The highest BCUT2D eigenvalue weighted by molar-refractivity contribution is 8.14. The molecule has 1 rings (SSSR count). The zero-order chi connectivity index (χ0) is 13.9. The van der Waals surface area contributed by atoms with Gasteiger partial charge in [-0.3, -0.25) is 19.3 Å². The fourth-order valence-electron chi connectivity index (χ4n) is 1.45. The van der Waals surface area contributed by atoms with E-state index in [4.69, 9.17) is 16.6 Å². The number of imide groups is 1. The number of thioether (sulfide) groups is 1. The third-order valence-electron chi connectivity index (χ3n) is 2.41. The van der Waals surface area contributed by atoms with Crippen LogP contribution in [0.15, 0.2) is 0 Å². The predicted molar refractivity (Wildman–Crippen MR) is 62.5 cm³/mol. The van der Waals surface area contributed by atoms with E-state index in [9.17, 15) is 19.2 Å². The number of hydrogen-bond donors (Lipinski definition) is 3. The fraction of sp³-hybridized carbons (Fsp3) is 0.556. The number of nitrogens with two attached hydrogens (primary N) is 2. The summed E-state index contributed by atoms with van der Waals surface area (Å²) in [6.07, 6.45) is -0.116. The number of aliphatic carboxylic acids is 1. The molecule has 2 atom stereocenters. The van der Waals surface area contributed by atoms with Gasteiger partial charge in [0, 0.05) is 12.2 Å². The van der Waals surface area contributed by atoms with Gasteiger partial charge in [0.25, 0.3) is 5.24 Å². The molecule has 0 saturated carbocycles. The standard InChI is InChI=1S/C9H13N3O5S/c10-4(1-2-6(11)13)7(14)12-5(8(15)16)3-18-9(12)17/h4-5H,1-3,10H2,(H2,11,13)(H,15,16)/t4-,5?/m0/s1. The maximum absolute atomic E-state index is 11.8. The monoisotopic (exact) mass is 275 g/mol. The van der Waals surface area contributed by atoms with E-state index in [1.54, 1.807) is 0 Å². The average molecular weight is 275 g/mol. The Morgan fingerprint density at radius 1 is 1.50 bits per heavy atom. The maximum atomic E-state index is 11.8. The van der Waals surface area contributed by atoms with Crippen LogP contribution in [0, 0.1) is 0 Å². The molecule has 0 radical (unpaired) electrons. The van der Waals surface area contributed by atoms with E-state index in [0.717, 1.165) is 11.8 Å². The van der Waals surface area contributed by atoms with E-state index in [-0.39, 0.29) is 18.6 Å². The molecule has 8 nitrogen and oxygen atoms in total. The minimum Gasteiger partial charge on any atom is -0.480 e. The van der Waals surface area contributed by atoms with Crippen molar-refractivity contribution in [2.45, 2.75) is 24.9 Å². The third kappa shape index (κ3) is 3.20. The minimum atomic E-state index is -1.26. The van der Waals surface area contributed by atoms with Crippen molar-refractivity contribution in [3.63, 3.8) is 0 Å². The van der Waals surface area contributed by atoms with E-state index in [0.29, 0.717) is 4.90 Å². The summed E-state index contributed by atoms with van der Waals surface area (Å²) in [5.74, 6) is -2.67. The number of carbonyl (C=O) groups excluding carboxylic acids is 3. The first-order valence-electron chi connectivity index (χ1n) is 5.11. The van der Waals surface area contributed by atoms with Gasteiger partial charge in [-0.15, -0.1) is 0 Å². The maximum Gasteiger partial charge on any atom is 0.327 e. The van der Waals surface area contributed by atoms with Gasteiger partial charge in [-0.25, -0.2) is 4.79 Å². The lowest BCUT2D eigenvalue weighted by atomic mass is 10.1. The predicted octanol–water partition coefficient (Wildman–Crippen LogP) is -1.27. The van der Waals surface area contributed by atoms with Crippen molar-refractivity contribution in [1.29, 1.82) is 0 Å². The number of primary amides is 1. The van der Waals surface area contributed by atoms with Crippen LogP contribution in [0.4, 0.5) is 4.79 Å². The zero-order valence-electron chi connectivity index (χ0n) is 9.37. The van der Waals surface area contributed by atoms with Crippen molar-refractivity contribution in [3.8, 4) is 0 Å². The Kier molecular flexibility index (Phi) is 4.68. The molecule has 100 valence electrons. The van der Waals surface area contributed by atoms with E-state index in [1.165, 1.54) is 0 Å². The van der Waals surface area contributed by atoms with Crippen LogP contribution >= 0.6 is 11.8 Å². The van der Waals surface area contributed by atoms with E-state index >= 15 is 0 Å². The van der Waals surface area contributed by atoms with E-state index in [2.05, 4.69) is 0 Å². The average Bonchev–Trinajstić information content (AvgIpc) is 2.67. The lowest BCUT2D eigenvalue weighted by molar-refractivity contribution is -0.146. The lowest BCUT2D eigenvalue weighted by Gasteiger charge is -2.21. The van der Waals surface area contributed by atoms with Crippen molar-refractivity contribution in [3.05, 3.63) is 0 Å². The smallest absolute Gasteiger partial charge is 0.327 e. The molecule has 3 amide bonds. The normalized spacial score (nSPS) is 20.8. The Morgan fingerprint density at radius 2 is 2.11 bits per heavy atom. The number of rotatable bonds is 5. The molecule has 1 unspecified atom stereocenters. The molecule has 18 heavy (non-hydrogen) atoms. The third-order valence-corrected chi connectivity index (χ3v) is 3.34. The molecule has 1 aliphatic rings. The SMILES string of the molecule is NC(=O)CC[C@H](N)C(=O)N1C(=O)SCC1C(=O)O. The Hall–Kier alpha value is -1.61. The Balaban J connectivity index is 2.71. The first-order chi connectivity index (χ1) is 8.34. The number of carboxylic acid groups (broad SMARTS) is 1. The molecule has 1 heterocycles. The summed E-state index contributed by atoms with van der Waals surface area (Å²) in [6.45, 7) is 0. The van der Waals surface area contributed by atoms with Crippen molar-refractivity contribution in [2.75, 3.05) is 5.75 Å². The summed E-state index contributed by atoms with van der Waals surface area (Å²) in [7, 11) is 0. The van der Waals surface area contributed by atoms with Gasteiger partial charge in [0.05, 0.1) is 6.04 Å². The molecule has 9 heteroatoms. The lowest BCUT2D eigenvalue weighted by Crippen LogP contribution is -2.50. The Labute approximate surface area is 107 Å². The molecule has 1 aliphatic heterocycles. The molecular weight excluding hydrogens is 262 g/mol. The second kappa shape index (κ2) is 5.83. The van der Waals surface area contributed by atoms with E-state index < -0.39 is 35.1 Å². The van der Waals surface area contributed by atoms with Crippen LogP contribution in [0.3, 0.4) is 0 Å². The molecule has 0 aliphatic carbocycles. The molecule has 5 N–H and O–H groups in total. The largest absolute Gasteiger partial charge is 0.480 e. The summed E-state index contributed by atoms with van der Waals surface area (Å²) in [4.78, 5) is 45.3. The Bertz CT molecular complexity index is 400. The van der Waals surface area contributed by atoms with Crippen LogP contribution in [0.1, 0.15) is 12.8 Å². The number of carboxylic acids is 1. The highest BCUT2D eigenvalue weighted by Crippen LogP contribution is 2.25. The van der Waals surface area contributed by atoms with Crippen LogP contribution in [-0.4, -0.2) is 50.9 Å². The summed E-state index contributed by atoms with van der Waals surface area (Å²) >= 11 is 0.750. The summed E-state index contributed by atoms with van der Waals surface area (Å²) in [6, 6.07) is -2.31. The highest BCUT2D eigenvalue weighted by Gasteiger charge is 2.42. The molecule has 0 bridgehead atoms. The summed E-state index contributed by atoms with van der Waals surface area (Å²) < 4.78 is 0. The summed E-state index contributed by atoms with van der Waals surface area (Å²) in [5.41, 5.74) is 10.4. The summed E-state index contributed by atoms with van der Waals surface area (Å²) in [5, 5.41) is 8.24. The van der Waals surface area contributed by atoms with Gasteiger partial charge in [-0.1, -0.05) is 11.8 Å². The zero-order valence-corrected chi connectivity index (χ0v) is 10.2. The molecular formula is C9H13N3O5S. The van der Waals surface area contributed by atoms with E-state index in [1.807, 2.05) is 0 Å². The molecule has 1 fully saturated rings. The quantitative estimate of drug-likeness (QED) is 0.567. The van der Waals surface area contributed by atoms with Crippen molar-refractivity contribution in [1.82, 2.24) is 4.90 Å². The first-order valence-corrected chi connectivity index (χ1v) is 6.09. The highest BCUT2D eigenvalue weighted by atomic mass is 32.2. The number of amides is 3. The van der Waals surface area contributed by atoms with Gasteiger partial charge in [0.1, 0.15) is 6.04 Å². The van der Waals surface area contributed by atoms with Gasteiger partial charge in [0.2, 0.25) is 11.8 Å². The van der Waals surface area contributed by atoms with Crippen molar-refractivity contribution < 1.29 is 24.3 Å². The topological polar surface area (TPSA) is 144 Å². The number of carbonyl (C=O) groups is 4. The van der Waals surface area contributed by atoms with Crippen molar-refractivity contribution in [2.24, 2.45) is 11.5 Å².